The summed E-state index contributed by atoms with van der Waals surface area (Å²) in [5.41, 5.74) is 2.56. The molecule has 0 aliphatic heterocycles. The lowest BCUT2D eigenvalue weighted by Crippen LogP contribution is -2.16. The Morgan fingerprint density at radius 1 is 1.50 bits per heavy atom. The number of pyridine rings is 1. The predicted octanol–water partition coefficient (Wildman–Crippen LogP) is 1.52. The van der Waals surface area contributed by atoms with Crippen LogP contribution < -0.4 is 5.32 Å². The molecule has 1 heterocycles. The summed E-state index contributed by atoms with van der Waals surface area (Å²) < 4.78 is 4.97. The average Bonchev–Trinajstić information content (AvgIpc) is 2.20. The van der Waals surface area contributed by atoms with E-state index in [2.05, 4.69) is 23.3 Å². The van der Waals surface area contributed by atoms with Gasteiger partial charge in [-0.05, 0) is 37.1 Å². The van der Waals surface area contributed by atoms with Crippen molar-refractivity contribution < 1.29 is 4.74 Å². The fraction of sp³-hybridized carbons (Fsp3) is 0.545. The highest BCUT2D eigenvalue weighted by molar-refractivity contribution is 5.20. The highest BCUT2D eigenvalue weighted by Gasteiger charge is 1.95. The van der Waals surface area contributed by atoms with Gasteiger partial charge in [0.05, 0.1) is 0 Å². The fourth-order valence-electron chi connectivity index (χ4n) is 1.27. The van der Waals surface area contributed by atoms with Crippen molar-refractivity contribution in [2.75, 3.05) is 20.3 Å². The average molecular weight is 194 g/mol. The zero-order chi connectivity index (χ0) is 10.2. The highest BCUT2D eigenvalue weighted by Crippen LogP contribution is 2.03. The summed E-state index contributed by atoms with van der Waals surface area (Å²) in [5, 5.41) is 3.37. The zero-order valence-corrected chi connectivity index (χ0v) is 8.92. The molecule has 3 heteroatoms. The Morgan fingerprint density at radius 2 is 2.36 bits per heavy atom. The Morgan fingerprint density at radius 3 is 3.07 bits per heavy atom. The van der Waals surface area contributed by atoms with Gasteiger partial charge in [-0.1, -0.05) is 0 Å². The van der Waals surface area contributed by atoms with Gasteiger partial charge in [-0.25, -0.2) is 0 Å². The molecule has 78 valence electrons. The molecule has 1 aromatic heterocycles. The van der Waals surface area contributed by atoms with Crippen LogP contribution in [0.3, 0.4) is 0 Å². The number of nitrogens with zero attached hydrogens (tertiary/aromatic N) is 1. The topological polar surface area (TPSA) is 34.1 Å². The minimum atomic E-state index is 0.822. The second-order valence-corrected chi connectivity index (χ2v) is 3.33. The van der Waals surface area contributed by atoms with Gasteiger partial charge in [-0.15, -0.1) is 0 Å². The Hall–Kier alpha value is -0.930. The lowest BCUT2D eigenvalue weighted by atomic mass is 10.1. The summed E-state index contributed by atoms with van der Waals surface area (Å²) in [6.45, 7) is 4.81. The molecule has 0 saturated carbocycles. The number of aromatic nitrogens is 1. The number of rotatable bonds is 6. The maximum absolute atomic E-state index is 4.97. The molecule has 1 aromatic rings. The van der Waals surface area contributed by atoms with Crippen molar-refractivity contribution in [3.8, 4) is 0 Å². The molecule has 0 aliphatic rings. The first-order valence-electron chi connectivity index (χ1n) is 4.93. The van der Waals surface area contributed by atoms with Gasteiger partial charge in [0.1, 0.15) is 0 Å². The van der Waals surface area contributed by atoms with Crippen molar-refractivity contribution in [2.24, 2.45) is 0 Å². The SMILES string of the molecule is COCCCNCc1ccncc1C. The van der Waals surface area contributed by atoms with Gasteiger partial charge in [-0.2, -0.15) is 0 Å². The normalized spacial score (nSPS) is 10.4. The second-order valence-electron chi connectivity index (χ2n) is 3.33. The summed E-state index contributed by atoms with van der Waals surface area (Å²) in [7, 11) is 1.73. The van der Waals surface area contributed by atoms with Gasteiger partial charge in [0.25, 0.3) is 0 Å². The third-order valence-electron chi connectivity index (χ3n) is 2.15. The number of hydrogen-bond acceptors (Lipinski definition) is 3. The molecular weight excluding hydrogens is 176 g/mol. The smallest absolute Gasteiger partial charge is 0.0474 e. The molecule has 0 bridgehead atoms. The standard InChI is InChI=1S/C11H18N2O/c1-10-8-13-6-4-11(10)9-12-5-3-7-14-2/h4,6,8,12H,3,5,7,9H2,1-2H3. The van der Waals surface area contributed by atoms with E-state index in [0.29, 0.717) is 0 Å². The van der Waals surface area contributed by atoms with Crippen LogP contribution in [0.1, 0.15) is 17.5 Å². The van der Waals surface area contributed by atoms with Crippen LogP contribution in [0.4, 0.5) is 0 Å². The van der Waals surface area contributed by atoms with Crippen molar-refractivity contribution in [1.29, 1.82) is 0 Å². The highest BCUT2D eigenvalue weighted by atomic mass is 16.5. The molecule has 14 heavy (non-hydrogen) atoms. The van der Waals surface area contributed by atoms with Crippen LogP contribution in [0.5, 0.6) is 0 Å². The monoisotopic (exact) mass is 194 g/mol. The molecule has 1 rings (SSSR count). The van der Waals surface area contributed by atoms with E-state index in [9.17, 15) is 0 Å². The minimum absolute atomic E-state index is 0.822. The first-order valence-corrected chi connectivity index (χ1v) is 4.93. The Bertz CT molecular complexity index is 263. The van der Waals surface area contributed by atoms with Crippen LogP contribution in [0, 0.1) is 6.92 Å². The van der Waals surface area contributed by atoms with Crippen LogP contribution in [0.15, 0.2) is 18.5 Å². The largest absolute Gasteiger partial charge is 0.385 e. The van der Waals surface area contributed by atoms with E-state index in [1.807, 2.05) is 12.4 Å². The van der Waals surface area contributed by atoms with E-state index < -0.39 is 0 Å². The third kappa shape index (κ3) is 3.85. The van der Waals surface area contributed by atoms with E-state index in [-0.39, 0.29) is 0 Å². The summed E-state index contributed by atoms with van der Waals surface area (Å²) >= 11 is 0. The number of hydrogen-bond donors (Lipinski definition) is 1. The number of methoxy groups -OCH3 is 1. The molecule has 0 spiro atoms. The van der Waals surface area contributed by atoms with Gasteiger partial charge in [0.15, 0.2) is 0 Å². The van der Waals surface area contributed by atoms with E-state index in [4.69, 9.17) is 4.74 Å². The van der Waals surface area contributed by atoms with Crippen molar-refractivity contribution in [2.45, 2.75) is 19.9 Å². The fourth-order valence-corrected chi connectivity index (χ4v) is 1.27. The second kappa shape index (κ2) is 6.51. The summed E-state index contributed by atoms with van der Waals surface area (Å²) in [6.07, 6.45) is 4.78. The summed E-state index contributed by atoms with van der Waals surface area (Å²) in [6, 6.07) is 2.05. The maximum atomic E-state index is 4.97. The Balaban J connectivity index is 2.21. The van der Waals surface area contributed by atoms with E-state index in [0.717, 1.165) is 26.1 Å². The lowest BCUT2D eigenvalue weighted by molar-refractivity contribution is 0.194. The van der Waals surface area contributed by atoms with Gasteiger partial charge in [-0.3, -0.25) is 4.98 Å². The molecule has 0 amide bonds. The molecule has 1 N–H and O–H groups in total. The molecule has 0 aliphatic carbocycles. The van der Waals surface area contributed by atoms with E-state index in [1.165, 1.54) is 11.1 Å². The van der Waals surface area contributed by atoms with Crippen LogP contribution in [0.25, 0.3) is 0 Å². The van der Waals surface area contributed by atoms with Crippen molar-refractivity contribution >= 4 is 0 Å². The molecule has 0 aromatic carbocycles. The van der Waals surface area contributed by atoms with Crippen molar-refractivity contribution in [3.05, 3.63) is 29.6 Å². The Kier molecular flexibility index (Phi) is 5.19. The van der Waals surface area contributed by atoms with Gasteiger partial charge in [0.2, 0.25) is 0 Å². The quantitative estimate of drug-likeness (QED) is 0.697. The van der Waals surface area contributed by atoms with Crippen LogP contribution >= 0.6 is 0 Å². The Labute approximate surface area is 85.5 Å². The van der Waals surface area contributed by atoms with Gasteiger partial charge in [0, 0.05) is 32.7 Å². The lowest BCUT2D eigenvalue weighted by Gasteiger charge is -2.06. The summed E-state index contributed by atoms with van der Waals surface area (Å²) in [4.78, 5) is 4.05. The van der Waals surface area contributed by atoms with Crippen LogP contribution in [0.2, 0.25) is 0 Å². The molecule has 0 atom stereocenters. The minimum Gasteiger partial charge on any atom is -0.385 e. The first-order chi connectivity index (χ1) is 6.84. The van der Waals surface area contributed by atoms with E-state index >= 15 is 0 Å². The molecule has 0 fully saturated rings. The molecule has 3 nitrogen and oxygen atoms in total. The number of nitrogens with one attached hydrogen (secondary N) is 1. The molecule has 0 saturated heterocycles. The van der Waals surface area contributed by atoms with Gasteiger partial charge < -0.3 is 10.1 Å². The third-order valence-corrected chi connectivity index (χ3v) is 2.15. The molecule has 0 radical (unpaired) electrons. The van der Waals surface area contributed by atoms with Crippen molar-refractivity contribution in [3.63, 3.8) is 0 Å². The van der Waals surface area contributed by atoms with Crippen molar-refractivity contribution in [1.82, 2.24) is 10.3 Å². The molecular formula is C11H18N2O. The molecule has 0 unspecified atom stereocenters. The number of ether oxygens (including phenoxy) is 1. The maximum Gasteiger partial charge on any atom is 0.0474 e. The zero-order valence-electron chi connectivity index (χ0n) is 8.92. The summed E-state index contributed by atoms with van der Waals surface area (Å²) in [5.74, 6) is 0. The van der Waals surface area contributed by atoms with Gasteiger partial charge >= 0.3 is 0 Å². The van der Waals surface area contributed by atoms with Crippen LogP contribution in [-0.4, -0.2) is 25.2 Å². The van der Waals surface area contributed by atoms with Crippen LogP contribution in [-0.2, 0) is 11.3 Å². The predicted molar refractivity (Wildman–Crippen MR) is 57.2 cm³/mol. The van der Waals surface area contributed by atoms with E-state index in [1.54, 1.807) is 7.11 Å². The first kappa shape index (κ1) is 11.1. The number of aryl methyl sites for hydroxylation is 1.